The van der Waals surface area contributed by atoms with Crippen LogP contribution in [0.3, 0.4) is 0 Å². The van der Waals surface area contributed by atoms with Crippen molar-refractivity contribution < 1.29 is 9.53 Å². The van der Waals surface area contributed by atoms with Crippen LogP contribution in [0.1, 0.15) is 42.8 Å². The van der Waals surface area contributed by atoms with Crippen LogP contribution in [0, 0.1) is 5.41 Å². The number of esters is 1. The van der Waals surface area contributed by atoms with Gasteiger partial charge in [0.05, 0.1) is 7.11 Å². The van der Waals surface area contributed by atoms with Gasteiger partial charge >= 0.3 is 5.97 Å². The van der Waals surface area contributed by atoms with Gasteiger partial charge in [-0.15, -0.1) is 0 Å². The lowest BCUT2D eigenvalue weighted by Crippen LogP contribution is -2.30. The summed E-state index contributed by atoms with van der Waals surface area (Å²) < 4.78 is 4.66. The average Bonchev–Trinajstić information content (AvgIpc) is 2.82. The number of carbonyl (C=O) groups is 1. The first-order chi connectivity index (χ1) is 8.44. The Labute approximate surface area is 116 Å². The summed E-state index contributed by atoms with van der Waals surface area (Å²) in [7, 11) is 1.34. The Balaban J connectivity index is 2.13. The van der Waals surface area contributed by atoms with Gasteiger partial charge in [0, 0.05) is 6.04 Å². The van der Waals surface area contributed by atoms with Crippen LogP contribution in [-0.2, 0) is 4.74 Å². The number of ether oxygens (including phenoxy) is 1. The van der Waals surface area contributed by atoms with E-state index in [4.69, 9.17) is 11.6 Å². The maximum Gasteiger partial charge on any atom is 0.351 e. The molecule has 0 aromatic carbocycles. The van der Waals surface area contributed by atoms with Gasteiger partial charge in [0.2, 0.25) is 0 Å². The summed E-state index contributed by atoms with van der Waals surface area (Å²) in [6.07, 6.45) is 3.54. The number of aromatic nitrogens is 1. The van der Waals surface area contributed by atoms with E-state index < -0.39 is 5.97 Å². The molecule has 4 nitrogen and oxygen atoms in total. The number of thiazole rings is 1. The van der Waals surface area contributed by atoms with E-state index in [0.29, 0.717) is 16.1 Å². The lowest BCUT2D eigenvalue weighted by atomic mass is 9.87. The van der Waals surface area contributed by atoms with Crippen molar-refractivity contribution in [1.82, 2.24) is 4.98 Å². The van der Waals surface area contributed by atoms with Crippen LogP contribution < -0.4 is 5.32 Å². The molecule has 1 aliphatic carbocycles. The summed E-state index contributed by atoms with van der Waals surface area (Å²) in [6, 6.07) is 0.380. The van der Waals surface area contributed by atoms with Gasteiger partial charge in [-0.25, -0.2) is 9.78 Å². The number of rotatable bonds is 3. The molecule has 2 rings (SSSR count). The topological polar surface area (TPSA) is 51.2 Å². The zero-order chi connectivity index (χ0) is 13.3. The molecule has 1 aromatic heterocycles. The second-order valence-electron chi connectivity index (χ2n) is 5.21. The Kier molecular flexibility index (Phi) is 3.82. The molecule has 0 spiro atoms. The van der Waals surface area contributed by atoms with Crippen molar-refractivity contribution in [3.05, 3.63) is 10.0 Å². The van der Waals surface area contributed by atoms with Crippen molar-refractivity contribution in [2.45, 2.75) is 39.2 Å². The van der Waals surface area contributed by atoms with Gasteiger partial charge in [0.15, 0.2) is 15.2 Å². The Bertz CT molecular complexity index is 459. The van der Waals surface area contributed by atoms with E-state index in [1.165, 1.54) is 31.3 Å². The highest BCUT2D eigenvalue weighted by Gasteiger charge is 2.35. The fourth-order valence-corrected chi connectivity index (χ4v) is 3.48. The standard InChI is InChI=1S/C12H17ClN2O2S/c1-12(2)6-4-5-7(12)14-11-15-9(13)8(18-11)10(16)17-3/h7H,4-6H2,1-3H3,(H,14,15). The molecule has 1 N–H and O–H groups in total. The van der Waals surface area contributed by atoms with E-state index in [0.717, 1.165) is 6.42 Å². The van der Waals surface area contributed by atoms with Crippen LogP contribution in [0.15, 0.2) is 0 Å². The Morgan fingerprint density at radius 3 is 2.89 bits per heavy atom. The van der Waals surface area contributed by atoms with Crippen molar-refractivity contribution >= 4 is 34.0 Å². The molecule has 0 radical (unpaired) electrons. The molecule has 1 saturated carbocycles. The zero-order valence-electron chi connectivity index (χ0n) is 10.7. The first-order valence-corrected chi connectivity index (χ1v) is 7.14. The number of hydrogen-bond donors (Lipinski definition) is 1. The molecular formula is C12H17ClN2O2S. The van der Waals surface area contributed by atoms with Crippen molar-refractivity contribution in [3.63, 3.8) is 0 Å². The van der Waals surface area contributed by atoms with Gasteiger partial charge in [-0.3, -0.25) is 0 Å². The van der Waals surface area contributed by atoms with E-state index in [1.54, 1.807) is 0 Å². The summed E-state index contributed by atoms with van der Waals surface area (Å²) in [5.41, 5.74) is 0.254. The van der Waals surface area contributed by atoms with Crippen LogP contribution in [0.2, 0.25) is 5.15 Å². The second-order valence-corrected chi connectivity index (χ2v) is 6.57. The molecule has 1 unspecified atom stereocenters. The highest BCUT2D eigenvalue weighted by Crippen LogP contribution is 2.40. The molecule has 1 atom stereocenters. The first kappa shape index (κ1) is 13.6. The lowest BCUT2D eigenvalue weighted by Gasteiger charge is -2.27. The number of methoxy groups -OCH3 is 1. The van der Waals surface area contributed by atoms with E-state index >= 15 is 0 Å². The van der Waals surface area contributed by atoms with E-state index in [1.807, 2.05) is 0 Å². The van der Waals surface area contributed by atoms with Gasteiger partial charge in [0.1, 0.15) is 0 Å². The third-order valence-corrected chi connectivity index (χ3v) is 4.86. The van der Waals surface area contributed by atoms with Crippen LogP contribution >= 0.6 is 22.9 Å². The van der Waals surface area contributed by atoms with Gasteiger partial charge in [-0.2, -0.15) is 0 Å². The van der Waals surface area contributed by atoms with Gasteiger partial charge in [0.25, 0.3) is 0 Å². The molecular weight excluding hydrogens is 272 g/mol. The number of anilines is 1. The van der Waals surface area contributed by atoms with Crippen molar-refractivity contribution in [3.8, 4) is 0 Å². The SMILES string of the molecule is COC(=O)c1sc(NC2CCCC2(C)C)nc1Cl. The number of hydrogen-bond acceptors (Lipinski definition) is 5. The normalized spacial score (nSPS) is 21.9. The van der Waals surface area contributed by atoms with Gasteiger partial charge < -0.3 is 10.1 Å². The molecule has 1 heterocycles. The molecule has 100 valence electrons. The summed E-state index contributed by atoms with van der Waals surface area (Å²) in [4.78, 5) is 16.0. The largest absolute Gasteiger partial charge is 0.465 e. The first-order valence-electron chi connectivity index (χ1n) is 5.95. The molecule has 0 bridgehead atoms. The average molecular weight is 289 g/mol. The second kappa shape index (κ2) is 5.05. The molecule has 0 saturated heterocycles. The molecule has 0 amide bonds. The van der Waals surface area contributed by atoms with Crippen LogP contribution in [0.4, 0.5) is 5.13 Å². The summed E-state index contributed by atoms with van der Waals surface area (Å²) in [5, 5.41) is 4.29. The maximum atomic E-state index is 11.4. The monoisotopic (exact) mass is 288 g/mol. The minimum atomic E-state index is -0.434. The summed E-state index contributed by atoms with van der Waals surface area (Å²) in [5.74, 6) is -0.434. The third-order valence-electron chi connectivity index (χ3n) is 3.51. The maximum absolute atomic E-state index is 11.4. The van der Waals surface area contributed by atoms with E-state index in [-0.39, 0.29) is 10.6 Å². The summed E-state index contributed by atoms with van der Waals surface area (Å²) >= 11 is 7.18. The number of nitrogens with zero attached hydrogens (tertiary/aromatic N) is 1. The molecule has 6 heteroatoms. The minimum Gasteiger partial charge on any atom is -0.465 e. The number of halogens is 1. The van der Waals surface area contributed by atoms with Gasteiger partial charge in [-0.05, 0) is 18.3 Å². The highest BCUT2D eigenvalue weighted by molar-refractivity contribution is 7.18. The van der Waals surface area contributed by atoms with Crippen LogP contribution in [0.5, 0.6) is 0 Å². The minimum absolute atomic E-state index is 0.213. The molecule has 18 heavy (non-hydrogen) atoms. The quantitative estimate of drug-likeness (QED) is 0.864. The predicted molar refractivity (Wildman–Crippen MR) is 73.5 cm³/mol. The predicted octanol–water partition coefficient (Wildman–Crippen LogP) is 3.57. The molecule has 1 aliphatic rings. The summed E-state index contributed by atoms with van der Waals surface area (Å²) in [6.45, 7) is 4.49. The number of carbonyl (C=O) groups excluding carboxylic acids is 1. The highest BCUT2D eigenvalue weighted by atomic mass is 35.5. The number of nitrogens with one attached hydrogen (secondary N) is 1. The Hall–Kier alpha value is -0.810. The Morgan fingerprint density at radius 2 is 2.33 bits per heavy atom. The van der Waals surface area contributed by atoms with E-state index in [2.05, 4.69) is 28.9 Å². The molecule has 0 aliphatic heterocycles. The lowest BCUT2D eigenvalue weighted by molar-refractivity contribution is 0.0606. The molecule has 1 aromatic rings. The fraction of sp³-hybridized carbons (Fsp3) is 0.667. The van der Waals surface area contributed by atoms with Gasteiger partial charge in [-0.1, -0.05) is 43.2 Å². The van der Waals surface area contributed by atoms with Crippen molar-refractivity contribution in [2.24, 2.45) is 5.41 Å². The van der Waals surface area contributed by atoms with E-state index in [9.17, 15) is 4.79 Å². The van der Waals surface area contributed by atoms with Crippen LogP contribution in [-0.4, -0.2) is 24.1 Å². The molecule has 1 fully saturated rings. The smallest absolute Gasteiger partial charge is 0.351 e. The van der Waals surface area contributed by atoms with Crippen LogP contribution in [0.25, 0.3) is 0 Å². The Morgan fingerprint density at radius 1 is 1.61 bits per heavy atom. The van der Waals surface area contributed by atoms with Crippen molar-refractivity contribution in [2.75, 3.05) is 12.4 Å². The van der Waals surface area contributed by atoms with Crippen molar-refractivity contribution in [1.29, 1.82) is 0 Å². The fourth-order valence-electron chi connectivity index (χ4n) is 2.33. The third kappa shape index (κ3) is 2.62. The zero-order valence-corrected chi connectivity index (χ0v) is 12.3.